The number of ether oxygens (including phenoxy) is 1. The Morgan fingerprint density at radius 3 is 2.65 bits per heavy atom. The van der Waals surface area contributed by atoms with Crippen LogP contribution in [0.1, 0.15) is 25.3 Å². The first kappa shape index (κ1) is 22.5. The number of rotatable bonds is 6. The van der Waals surface area contributed by atoms with E-state index in [4.69, 9.17) is 4.74 Å². The number of esters is 1. The topological polar surface area (TPSA) is 112 Å². The van der Waals surface area contributed by atoms with Crippen molar-refractivity contribution < 1.29 is 14.5 Å². The molecule has 0 unspecified atom stereocenters. The van der Waals surface area contributed by atoms with Crippen LogP contribution in [-0.2, 0) is 9.53 Å². The van der Waals surface area contributed by atoms with Gasteiger partial charge in [0.2, 0.25) is 0 Å². The minimum absolute atomic E-state index is 0.0913. The number of non-ortho nitro benzene ring substituents is 1. The van der Waals surface area contributed by atoms with Crippen LogP contribution >= 0.6 is 0 Å². The maximum atomic E-state index is 13.1. The molecule has 1 atom stereocenters. The Labute approximate surface area is 181 Å². The molecule has 0 spiro atoms. The summed E-state index contributed by atoms with van der Waals surface area (Å²) in [6.45, 7) is 8.19. The fraction of sp³-hybridized carbons (Fsp3) is 0.455. The second-order valence-corrected chi connectivity index (χ2v) is 7.88. The van der Waals surface area contributed by atoms with Crippen molar-refractivity contribution in [2.24, 2.45) is 0 Å². The quantitative estimate of drug-likeness (QED) is 0.419. The normalized spacial score (nSPS) is 20.3. The number of carbonyl (C=O) groups is 1. The van der Waals surface area contributed by atoms with E-state index < -0.39 is 16.8 Å². The largest absolute Gasteiger partial charge is 0.461 e. The van der Waals surface area contributed by atoms with Gasteiger partial charge in [-0.2, -0.15) is 5.26 Å². The van der Waals surface area contributed by atoms with Gasteiger partial charge in [-0.1, -0.05) is 12.1 Å². The molecule has 0 saturated carbocycles. The number of hydrogen-bond acceptors (Lipinski definition) is 8. The number of allylic oxidation sites excluding steroid dienone is 3. The first-order chi connectivity index (χ1) is 14.8. The van der Waals surface area contributed by atoms with Crippen LogP contribution in [0, 0.1) is 21.4 Å². The number of piperazine rings is 1. The van der Waals surface area contributed by atoms with Gasteiger partial charge in [0.05, 0.1) is 28.1 Å². The summed E-state index contributed by atoms with van der Waals surface area (Å²) < 4.78 is 5.58. The lowest BCUT2D eigenvalue weighted by molar-refractivity contribution is -0.384. The highest BCUT2D eigenvalue weighted by Crippen LogP contribution is 2.39. The van der Waals surface area contributed by atoms with Crippen LogP contribution in [-0.4, -0.2) is 67.1 Å². The SMILES string of the molecule is CC1=C(C#N)[C@@H](c2cccc([N+](=O)[O-])c2)C(C(=O)OCCN2CCN(C)CC2)=C(C)N1. The van der Waals surface area contributed by atoms with Crippen LogP contribution in [0.2, 0.25) is 0 Å². The van der Waals surface area contributed by atoms with Gasteiger partial charge in [-0.15, -0.1) is 0 Å². The number of hydrogen-bond donors (Lipinski definition) is 1. The molecule has 1 aromatic rings. The average molecular weight is 425 g/mol. The van der Waals surface area contributed by atoms with Crippen molar-refractivity contribution in [3.05, 3.63) is 62.5 Å². The maximum Gasteiger partial charge on any atom is 0.336 e. The molecule has 1 aromatic carbocycles. The van der Waals surface area contributed by atoms with Gasteiger partial charge < -0.3 is 15.0 Å². The maximum absolute atomic E-state index is 13.1. The van der Waals surface area contributed by atoms with Gasteiger partial charge in [0.15, 0.2) is 0 Å². The molecular weight excluding hydrogens is 398 g/mol. The van der Waals surface area contributed by atoms with Crippen molar-refractivity contribution in [1.82, 2.24) is 15.1 Å². The molecule has 3 rings (SSSR count). The van der Waals surface area contributed by atoms with Gasteiger partial charge in [-0.3, -0.25) is 15.0 Å². The number of benzene rings is 1. The summed E-state index contributed by atoms with van der Waals surface area (Å²) in [5.41, 5.74) is 2.27. The van der Waals surface area contributed by atoms with E-state index in [0.29, 0.717) is 34.6 Å². The number of nitro groups is 1. The number of nitro benzene ring substituents is 1. The Kier molecular flexibility index (Phi) is 7.05. The molecule has 0 aromatic heterocycles. The summed E-state index contributed by atoms with van der Waals surface area (Å²) in [7, 11) is 2.08. The van der Waals surface area contributed by atoms with Crippen LogP contribution < -0.4 is 5.32 Å². The van der Waals surface area contributed by atoms with Gasteiger partial charge in [-0.05, 0) is 26.5 Å². The summed E-state index contributed by atoms with van der Waals surface area (Å²) in [6, 6.07) is 8.21. The first-order valence-electron chi connectivity index (χ1n) is 10.2. The zero-order valence-electron chi connectivity index (χ0n) is 18.1. The van der Waals surface area contributed by atoms with Gasteiger partial charge in [0, 0.05) is 56.3 Å². The third-order valence-electron chi connectivity index (χ3n) is 5.75. The minimum Gasteiger partial charge on any atom is -0.461 e. The Balaban J connectivity index is 1.81. The van der Waals surface area contributed by atoms with Crippen molar-refractivity contribution in [2.45, 2.75) is 19.8 Å². The highest BCUT2D eigenvalue weighted by molar-refractivity contribution is 5.93. The van der Waals surface area contributed by atoms with E-state index in [2.05, 4.69) is 28.2 Å². The summed E-state index contributed by atoms with van der Waals surface area (Å²) in [4.78, 5) is 28.3. The molecule has 1 saturated heterocycles. The Morgan fingerprint density at radius 1 is 1.29 bits per heavy atom. The molecule has 2 aliphatic rings. The second-order valence-electron chi connectivity index (χ2n) is 7.88. The van der Waals surface area contributed by atoms with E-state index in [1.54, 1.807) is 26.0 Å². The van der Waals surface area contributed by atoms with Gasteiger partial charge >= 0.3 is 5.97 Å². The molecule has 2 heterocycles. The summed E-state index contributed by atoms with van der Waals surface area (Å²) in [5.74, 6) is -1.24. The molecule has 0 radical (unpaired) electrons. The number of nitrogens with zero attached hydrogens (tertiary/aromatic N) is 4. The lowest BCUT2D eigenvalue weighted by atomic mass is 9.81. The van der Waals surface area contributed by atoms with E-state index in [9.17, 15) is 20.2 Å². The predicted octanol–water partition coefficient (Wildman–Crippen LogP) is 2.14. The molecule has 0 bridgehead atoms. The van der Waals surface area contributed by atoms with Crippen LogP contribution in [0.3, 0.4) is 0 Å². The first-order valence-corrected chi connectivity index (χ1v) is 10.2. The third-order valence-corrected chi connectivity index (χ3v) is 5.75. The number of nitriles is 1. The monoisotopic (exact) mass is 425 g/mol. The summed E-state index contributed by atoms with van der Waals surface area (Å²) in [6.07, 6.45) is 0. The van der Waals surface area contributed by atoms with Gasteiger partial charge in [-0.25, -0.2) is 4.79 Å². The molecule has 31 heavy (non-hydrogen) atoms. The van der Waals surface area contributed by atoms with E-state index >= 15 is 0 Å². The number of carbonyl (C=O) groups excluding carboxylic acids is 1. The minimum atomic E-state index is -0.720. The molecule has 2 aliphatic heterocycles. The van der Waals surface area contributed by atoms with E-state index in [0.717, 1.165) is 26.2 Å². The Hall–Kier alpha value is -3.22. The van der Waals surface area contributed by atoms with Crippen molar-refractivity contribution in [3.63, 3.8) is 0 Å². The number of nitrogens with one attached hydrogen (secondary N) is 1. The smallest absolute Gasteiger partial charge is 0.336 e. The average Bonchev–Trinajstić information content (AvgIpc) is 2.74. The van der Waals surface area contributed by atoms with Crippen molar-refractivity contribution in [1.29, 1.82) is 5.26 Å². The zero-order chi connectivity index (χ0) is 22.5. The number of dihydropyridines is 1. The lowest BCUT2D eigenvalue weighted by Gasteiger charge is -2.32. The molecule has 0 amide bonds. The lowest BCUT2D eigenvalue weighted by Crippen LogP contribution is -2.45. The van der Waals surface area contributed by atoms with E-state index in [1.807, 2.05) is 0 Å². The van der Waals surface area contributed by atoms with Crippen molar-refractivity contribution in [2.75, 3.05) is 46.4 Å². The van der Waals surface area contributed by atoms with Gasteiger partial charge in [0.1, 0.15) is 6.61 Å². The van der Waals surface area contributed by atoms with Crippen molar-refractivity contribution >= 4 is 11.7 Å². The molecule has 0 aliphatic carbocycles. The molecule has 9 heteroatoms. The highest BCUT2D eigenvalue weighted by Gasteiger charge is 2.35. The number of likely N-dealkylation sites (N-methyl/N-ethyl adjacent to an activating group) is 1. The van der Waals surface area contributed by atoms with Crippen LogP contribution in [0.4, 0.5) is 5.69 Å². The third kappa shape index (κ3) is 5.10. The molecule has 164 valence electrons. The molecule has 1 fully saturated rings. The predicted molar refractivity (Wildman–Crippen MR) is 115 cm³/mol. The van der Waals surface area contributed by atoms with Crippen molar-refractivity contribution in [3.8, 4) is 6.07 Å². The van der Waals surface area contributed by atoms with Crippen LogP contribution in [0.25, 0.3) is 0 Å². The Bertz CT molecular complexity index is 970. The van der Waals surface area contributed by atoms with E-state index in [-0.39, 0.29) is 12.3 Å². The summed E-state index contributed by atoms with van der Waals surface area (Å²) >= 11 is 0. The van der Waals surface area contributed by atoms with Crippen LogP contribution in [0.5, 0.6) is 0 Å². The fourth-order valence-corrected chi connectivity index (χ4v) is 3.98. The standard InChI is InChI=1S/C22H27N5O4/c1-15-19(14-23)21(17-5-4-6-18(13-17)27(29)30)20(16(2)24-15)22(28)31-12-11-26-9-7-25(3)8-10-26/h4-6,13,21,24H,7-12H2,1-3H3/t21-/m1/s1. The molecule has 1 N–H and O–H groups in total. The summed E-state index contributed by atoms with van der Waals surface area (Å²) in [5, 5.41) is 24.1. The molecule has 9 nitrogen and oxygen atoms in total. The van der Waals surface area contributed by atoms with Gasteiger partial charge in [0.25, 0.3) is 5.69 Å². The van der Waals surface area contributed by atoms with Crippen LogP contribution in [0.15, 0.2) is 46.8 Å². The van der Waals surface area contributed by atoms with E-state index in [1.165, 1.54) is 12.1 Å². The fourth-order valence-electron chi connectivity index (χ4n) is 3.98. The molecular formula is C22H27N5O4. The second kappa shape index (κ2) is 9.73. The Morgan fingerprint density at radius 2 is 2.00 bits per heavy atom. The zero-order valence-corrected chi connectivity index (χ0v) is 18.1. The highest BCUT2D eigenvalue weighted by atomic mass is 16.6.